The molecule has 0 aliphatic carbocycles. The molecule has 0 heterocycles. The number of benzene rings is 1. The molecule has 0 saturated heterocycles. The van der Waals surface area contributed by atoms with Gasteiger partial charge in [0.15, 0.2) is 0 Å². The van der Waals surface area contributed by atoms with Crippen LogP contribution in [0.15, 0.2) is 28.2 Å². The lowest BCUT2D eigenvalue weighted by Crippen LogP contribution is -1.84. The molecule has 0 radical (unpaired) electrons. The highest BCUT2D eigenvalue weighted by molar-refractivity contribution is 9.10. The topological polar surface area (TPSA) is 47.6 Å². The van der Waals surface area contributed by atoms with E-state index < -0.39 is 5.82 Å². The maximum absolute atomic E-state index is 13.2. The minimum Gasteiger partial charge on any atom is -0.206 e. The normalized spacial score (nSPS) is 8.57. The van der Waals surface area contributed by atoms with E-state index in [4.69, 9.17) is 10.5 Å². The summed E-state index contributed by atoms with van der Waals surface area (Å²) in [5, 5.41) is 17.0. The minimum atomic E-state index is -0.470. The van der Waals surface area contributed by atoms with E-state index in [2.05, 4.69) is 15.9 Å². The molecule has 68 valence electrons. The maximum Gasteiger partial charge on any atom is 0.131 e. The Morgan fingerprint density at radius 1 is 1.36 bits per heavy atom. The van der Waals surface area contributed by atoms with E-state index >= 15 is 0 Å². The van der Waals surface area contributed by atoms with Crippen LogP contribution in [0.5, 0.6) is 0 Å². The predicted octanol–water partition coefficient (Wildman–Crippen LogP) is 3.02. The average Bonchev–Trinajstić information content (AvgIpc) is 2.18. The monoisotopic (exact) mass is 250 g/mol. The Morgan fingerprint density at radius 3 is 2.50 bits per heavy atom. The predicted molar refractivity (Wildman–Crippen MR) is 53.3 cm³/mol. The van der Waals surface area contributed by atoms with Gasteiger partial charge in [0.2, 0.25) is 0 Å². The van der Waals surface area contributed by atoms with E-state index in [0.717, 1.165) is 0 Å². The van der Waals surface area contributed by atoms with Crippen LogP contribution >= 0.6 is 15.9 Å². The zero-order valence-corrected chi connectivity index (χ0v) is 8.55. The second-order valence-corrected chi connectivity index (χ2v) is 3.27. The van der Waals surface area contributed by atoms with Gasteiger partial charge in [-0.05, 0) is 18.2 Å². The van der Waals surface area contributed by atoms with Gasteiger partial charge in [-0.2, -0.15) is 10.5 Å². The fourth-order valence-corrected chi connectivity index (χ4v) is 1.34. The number of allylic oxidation sites excluding steroid dienone is 1. The standard InChI is InChI=1S/C10H4BrFN2/c11-9-2-1-3-10(12)8(9)4-7(5-13)6-14/h1-4H. The number of nitriles is 2. The van der Waals surface area contributed by atoms with Gasteiger partial charge in [0.05, 0.1) is 0 Å². The Balaban J connectivity index is 3.30. The third kappa shape index (κ3) is 2.18. The van der Waals surface area contributed by atoms with E-state index in [1.54, 1.807) is 18.2 Å². The lowest BCUT2D eigenvalue weighted by molar-refractivity contribution is 0.624. The molecule has 0 amide bonds. The van der Waals surface area contributed by atoms with Crippen molar-refractivity contribution >= 4 is 22.0 Å². The first kappa shape index (κ1) is 10.4. The van der Waals surface area contributed by atoms with Gasteiger partial charge < -0.3 is 0 Å². The van der Waals surface area contributed by atoms with Gasteiger partial charge in [-0.3, -0.25) is 0 Å². The molecule has 1 rings (SSSR count). The Labute approximate surface area is 89.0 Å². The van der Waals surface area contributed by atoms with Gasteiger partial charge >= 0.3 is 0 Å². The van der Waals surface area contributed by atoms with Crippen LogP contribution in [0.4, 0.5) is 4.39 Å². The van der Waals surface area contributed by atoms with Crippen LogP contribution in [0.3, 0.4) is 0 Å². The van der Waals surface area contributed by atoms with Crippen LogP contribution in [-0.2, 0) is 0 Å². The molecule has 14 heavy (non-hydrogen) atoms. The van der Waals surface area contributed by atoms with Crippen molar-refractivity contribution in [3.63, 3.8) is 0 Å². The van der Waals surface area contributed by atoms with Gasteiger partial charge in [0.1, 0.15) is 23.5 Å². The van der Waals surface area contributed by atoms with Gasteiger partial charge in [-0.1, -0.05) is 22.0 Å². The first-order valence-corrected chi connectivity index (χ1v) is 4.44. The molecule has 0 aromatic heterocycles. The molecule has 0 atom stereocenters. The van der Waals surface area contributed by atoms with Crippen LogP contribution in [0.2, 0.25) is 0 Å². The summed E-state index contributed by atoms with van der Waals surface area (Å²) in [6.07, 6.45) is 1.21. The van der Waals surface area contributed by atoms with Gasteiger partial charge in [0.25, 0.3) is 0 Å². The highest BCUT2D eigenvalue weighted by Gasteiger charge is 2.04. The molecule has 0 bridgehead atoms. The lowest BCUT2D eigenvalue weighted by atomic mass is 10.1. The van der Waals surface area contributed by atoms with Crippen molar-refractivity contribution < 1.29 is 4.39 Å². The van der Waals surface area contributed by atoms with Crippen molar-refractivity contribution in [1.82, 2.24) is 0 Å². The molecule has 0 saturated carbocycles. The van der Waals surface area contributed by atoms with Crippen LogP contribution < -0.4 is 0 Å². The summed E-state index contributed by atoms with van der Waals surface area (Å²) in [5.41, 5.74) is 0.0846. The van der Waals surface area contributed by atoms with Crippen molar-refractivity contribution in [1.29, 1.82) is 10.5 Å². The highest BCUT2D eigenvalue weighted by atomic mass is 79.9. The molecule has 0 aliphatic heterocycles. The van der Waals surface area contributed by atoms with E-state index in [1.807, 2.05) is 0 Å². The summed E-state index contributed by atoms with van der Waals surface area (Å²) in [5.74, 6) is -0.470. The number of nitrogens with zero attached hydrogens (tertiary/aromatic N) is 2. The van der Waals surface area contributed by atoms with E-state index in [-0.39, 0.29) is 11.1 Å². The zero-order valence-electron chi connectivity index (χ0n) is 6.96. The summed E-state index contributed by atoms with van der Waals surface area (Å²) in [7, 11) is 0. The molecular weight excluding hydrogens is 247 g/mol. The molecular formula is C10H4BrFN2. The average molecular weight is 251 g/mol. The largest absolute Gasteiger partial charge is 0.206 e. The molecule has 0 unspecified atom stereocenters. The van der Waals surface area contributed by atoms with Gasteiger partial charge in [-0.15, -0.1) is 0 Å². The Kier molecular flexibility index (Phi) is 3.39. The summed E-state index contributed by atoms with van der Waals surface area (Å²) in [6, 6.07) is 7.78. The number of halogens is 2. The SMILES string of the molecule is N#CC(C#N)=Cc1c(F)cccc1Br. The molecule has 1 aromatic carbocycles. The van der Waals surface area contributed by atoms with Crippen molar-refractivity contribution in [3.05, 3.63) is 39.6 Å². The summed E-state index contributed by atoms with van der Waals surface area (Å²) in [6.45, 7) is 0. The van der Waals surface area contributed by atoms with Crippen LogP contribution in [0, 0.1) is 28.5 Å². The van der Waals surface area contributed by atoms with E-state index in [1.165, 1.54) is 18.2 Å². The van der Waals surface area contributed by atoms with Gasteiger partial charge in [0, 0.05) is 10.0 Å². The number of rotatable bonds is 1. The molecule has 4 heteroatoms. The molecule has 0 aliphatic rings. The fraction of sp³-hybridized carbons (Fsp3) is 0. The molecule has 2 nitrogen and oxygen atoms in total. The second kappa shape index (κ2) is 4.55. The zero-order chi connectivity index (χ0) is 10.6. The third-order valence-electron chi connectivity index (χ3n) is 1.53. The quantitative estimate of drug-likeness (QED) is 0.720. The maximum atomic E-state index is 13.2. The number of hydrogen-bond donors (Lipinski definition) is 0. The Hall–Kier alpha value is -1.65. The second-order valence-electron chi connectivity index (χ2n) is 2.42. The molecule has 1 aromatic rings. The van der Waals surface area contributed by atoms with Crippen LogP contribution in [0.1, 0.15) is 5.56 Å². The van der Waals surface area contributed by atoms with Crippen LogP contribution in [0.25, 0.3) is 6.08 Å². The molecule has 0 N–H and O–H groups in total. The minimum absolute atomic E-state index is 0.129. The third-order valence-corrected chi connectivity index (χ3v) is 2.22. The van der Waals surface area contributed by atoms with E-state index in [9.17, 15) is 4.39 Å². The van der Waals surface area contributed by atoms with Crippen molar-refractivity contribution in [2.75, 3.05) is 0 Å². The summed E-state index contributed by atoms with van der Waals surface area (Å²) >= 11 is 3.13. The van der Waals surface area contributed by atoms with Gasteiger partial charge in [-0.25, -0.2) is 4.39 Å². The highest BCUT2D eigenvalue weighted by Crippen LogP contribution is 2.21. The van der Waals surface area contributed by atoms with Crippen molar-refractivity contribution in [2.24, 2.45) is 0 Å². The summed E-state index contributed by atoms with van der Waals surface area (Å²) in [4.78, 5) is 0. The molecule has 0 fully saturated rings. The summed E-state index contributed by atoms with van der Waals surface area (Å²) < 4.78 is 13.7. The lowest BCUT2D eigenvalue weighted by Gasteiger charge is -1.98. The Morgan fingerprint density at radius 2 is 2.00 bits per heavy atom. The fourth-order valence-electron chi connectivity index (χ4n) is 0.882. The first-order chi connectivity index (χ1) is 6.69. The molecule has 0 spiro atoms. The number of hydrogen-bond acceptors (Lipinski definition) is 2. The van der Waals surface area contributed by atoms with E-state index in [0.29, 0.717) is 4.47 Å². The van der Waals surface area contributed by atoms with Crippen molar-refractivity contribution in [2.45, 2.75) is 0 Å². The van der Waals surface area contributed by atoms with Crippen LogP contribution in [-0.4, -0.2) is 0 Å². The smallest absolute Gasteiger partial charge is 0.131 e. The van der Waals surface area contributed by atoms with Crippen molar-refractivity contribution in [3.8, 4) is 12.1 Å². The Bertz CT molecular complexity index is 430. The first-order valence-electron chi connectivity index (χ1n) is 3.65.